The predicted octanol–water partition coefficient (Wildman–Crippen LogP) is 6.81. The van der Waals surface area contributed by atoms with Crippen molar-refractivity contribution < 1.29 is 5.11 Å². The van der Waals surface area contributed by atoms with Gasteiger partial charge in [0, 0.05) is 22.8 Å². The number of para-hydroxylation sites is 1. The molecule has 0 saturated heterocycles. The molecule has 0 spiro atoms. The highest BCUT2D eigenvalue weighted by Gasteiger charge is 2.34. The molecule has 0 saturated carbocycles. The van der Waals surface area contributed by atoms with Gasteiger partial charge in [0.05, 0.1) is 5.69 Å². The molecule has 0 amide bonds. The number of hydrogen-bond acceptors (Lipinski definition) is 2. The molecular weight excluding hydrogens is 366 g/mol. The van der Waals surface area contributed by atoms with Crippen LogP contribution >= 0.6 is 0 Å². The van der Waals surface area contributed by atoms with Crippen molar-refractivity contribution in [3.63, 3.8) is 0 Å². The number of hydrogen-bond donors (Lipinski definition) is 1. The molecule has 0 fully saturated rings. The maximum Gasteiger partial charge on any atom is 0.128 e. The smallest absolute Gasteiger partial charge is 0.128 e. The maximum atomic E-state index is 11.4. The summed E-state index contributed by atoms with van der Waals surface area (Å²) in [4.78, 5) is 4.56. The van der Waals surface area contributed by atoms with Gasteiger partial charge in [0.1, 0.15) is 5.75 Å². The fraction of sp³-hybridized carbons (Fsp3) is 0.107. The number of phenols is 1. The number of phenolic OH excluding ortho intramolecular Hbond substituents is 1. The molecule has 2 heteroatoms. The second-order valence-corrected chi connectivity index (χ2v) is 7.70. The van der Waals surface area contributed by atoms with Crippen LogP contribution in [0.5, 0.6) is 5.75 Å². The molecule has 0 aromatic heterocycles. The Hall–Kier alpha value is -3.65. The summed E-state index contributed by atoms with van der Waals surface area (Å²) in [6.45, 7) is 4.23. The number of benzene rings is 4. The van der Waals surface area contributed by atoms with Gasteiger partial charge in [0.25, 0.3) is 0 Å². The fourth-order valence-corrected chi connectivity index (χ4v) is 3.97. The van der Waals surface area contributed by atoms with Crippen LogP contribution in [0.3, 0.4) is 0 Å². The number of aryl methyl sites for hydroxylation is 1. The number of nitrogens with zero attached hydrogens (tertiary/aromatic N) is 1. The van der Waals surface area contributed by atoms with Crippen LogP contribution in [0.4, 0.5) is 5.69 Å². The molecule has 0 aliphatic rings. The van der Waals surface area contributed by atoms with Gasteiger partial charge in [-0.1, -0.05) is 84.9 Å². The zero-order valence-electron chi connectivity index (χ0n) is 17.3. The van der Waals surface area contributed by atoms with Crippen LogP contribution in [0.25, 0.3) is 0 Å². The van der Waals surface area contributed by atoms with Gasteiger partial charge >= 0.3 is 0 Å². The zero-order valence-corrected chi connectivity index (χ0v) is 17.3. The third-order valence-corrected chi connectivity index (χ3v) is 5.63. The van der Waals surface area contributed by atoms with Gasteiger partial charge in [0.15, 0.2) is 0 Å². The van der Waals surface area contributed by atoms with E-state index in [2.05, 4.69) is 49.2 Å². The molecule has 4 aromatic carbocycles. The largest absolute Gasteiger partial charge is 0.507 e. The van der Waals surface area contributed by atoms with E-state index in [9.17, 15) is 5.11 Å². The monoisotopic (exact) mass is 391 g/mol. The van der Waals surface area contributed by atoms with E-state index in [0.29, 0.717) is 5.56 Å². The van der Waals surface area contributed by atoms with Crippen molar-refractivity contribution in [2.75, 3.05) is 0 Å². The molecule has 0 bridgehead atoms. The van der Waals surface area contributed by atoms with Crippen molar-refractivity contribution in [2.45, 2.75) is 19.3 Å². The van der Waals surface area contributed by atoms with Gasteiger partial charge in [-0.3, -0.25) is 4.99 Å². The minimum absolute atomic E-state index is 0.260. The summed E-state index contributed by atoms with van der Waals surface area (Å²) in [7, 11) is 0. The first kappa shape index (κ1) is 19.7. The molecule has 0 heterocycles. The first-order valence-electron chi connectivity index (χ1n) is 10.1. The second-order valence-electron chi connectivity index (χ2n) is 7.70. The first-order chi connectivity index (χ1) is 14.6. The lowest BCUT2D eigenvalue weighted by Gasteiger charge is -2.33. The molecule has 30 heavy (non-hydrogen) atoms. The van der Waals surface area contributed by atoms with Crippen molar-refractivity contribution in [1.82, 2.24) is 0 Å². The van der Waals surface area contributed by atoms with Crippen molar-refractivity contribution in [3.8, 4) is 5.75 Å². The van der Waals surface area contributed by atoms with E-state index in [-0.39, 0.29) is 5.75 Å². The number of aromatic hydroxyl groups is 1. The van der Waals surface area contributed by atoms with Crippen LogP contribution < -0.4 is 0 Å². The summed E-state index contributed by atoms with van der Waals surface area (Å²) in [6.07, 6.45) is 1.75. The topological polar surface area (TPSA) is 32.6 Å². The van der Waals surface area contributed by atoms with Crippen LogP contribution in [-0.4, -0.2) is 11.3 Å². The average Bonchev–Trinajstić information content (AvgIpc) is 2.80. The maximum absolute atomic E-state index is 11.4. The number of aliphatic imine (C=N–C) groups is 1. The molecule has 4 aromatic rings. The number of rotatable bonds is 5. The Morgan fingerprint density at radius 3 is 1.77 bits per heavy atom. The molecule has 4 rings (SSSR count). The summed E-state index contributed by atoms with van der Waals surface area (Å²) >= 11 is 0. The van der Waals surface area contributed by atoms with Gasteiger partial charge < -0.3 is 5.11 Å². The van der Waals surface area contributed by atoms with E-state index >= 15 is 0 Å². The van der Waals surface area contributed by atoms with Crippen LogP contribution in [0.1, 0.15) is 34.7 Å². The Kier molecular flexibility index (Phi) is 5.49. The summed E-state index contributed by atoms with van der Waals surface area (Å²) in [6, 6.07) is 34.5. The highest BCUT2D eigenvalue weighted by molar-refractivity contribution is 5.87. The molecule has 148 valence electrons. The average molecular weight is 392 g/mol. The molecule has 1 N–H and O–H groups in total. The third-order valence-electron chi connectivity index (χ3n) is 5.63. The van der Waals surface area contributed by atoms with Gasteiger partial charge in [-0.05, 0) is 48.7 Å². The minimum atomic E-state index is -0.506. The predicted molar refractivity (Wildman–Crippen MR) is 125 cm³/mol. The molecule has 0 radical (unpaired) electrons. The first-order valence-corrected chi connectivity index (χ1v) is 10.1. The van der Waals surface area contributed by atoms with E-state index in [0.717, 1.165) is 27.9 Å². The lowest BCUT2D eigenvalue weighted by atomic mass is 9.70. The summed E-state index contributed by atoms with van der Waals surface area (Å²) in [5.41, 5.74) is 5.27. The quantitative estimate of drug-likeness (QED) is 0.294. The Balaban J connectivity index is 1.90. The van der Waals surface area contributed by atoms with Crippen LogP contribution in [-0.2, 0) is 5.41 Å². The van der Waals surface area contributed by atoms with E-state index in [1.807, 2.05) is 72.8 Å². The third kappa shape index (κ3) is 3.77. The van der Waals surface area contributed by atoms with E-state index in [1.54, 1.807) is 6.21 Å². The summed E-state index contributed by atoms with van der Waals surface area (Å²) in [5, 5.41) is 11.4. The Morgan fingerprint density at radius 2 is 1.23 bits per heavy atom. The highest BCUT2D eigenvalue weighted by atomic mass is 16.3. The highest BCUT2D eigenvalue weighted by Crippen LogP contribution is 2.44. The Morgan fingerprint density at radius 1 is 0.733 bits per heavy atom. The van der Waals surface area contributed by atoms with Gasteiger partial charge in [0.2, 0.25) is 0 Å². The molecule has 0 aliphatic carbocycles. The van der Waals surface area contributed by atoms with Gasteiger partial charge in [-0.2, -0.15) is 0 Å². The lowest BCUT2D eigenvalue weighted by molar-refractivity contribution is 0.456. The van der Waals surface area contributed by atoms with E-state index in [4.69, 9.17) is 0 Å². The zero-order chi connectivity index (χ0) is 21.0. The van der Waals surface area contributed by atoms with Crippen molar-refractivity contribution >= 4 is 11.9 Å². The fourth-order valence-electron chi connectivity index (χ4n) is 3.97. The SMILES string of the molecule is Cc1cc(C=Nc2ccccc2)c(O)c(C(C)(c2ccccc2)c2ccccc2)c1. The molecule has 2 nitrogen and oxygen atoms in total. The Labute approximate surface area is 178 Å². The van der Waals surface area contributed by atoms with Crippen molar-refractivity contribution in [3.05, 3.63) is 131 Å². The van der Waals surface area contributed by atoms with Gasteiger partial charge in [-0.25, -0.2) is 0 Å². The molecule has 0 atom stereocenters. The molecule has 0 unspecified atom stereocenters. The van der Waals surface area contributed by atoms with E-state index in [1.165, 1.54) is 0 Å². The van der Waals surface area contributed by atoms with Crippen LogP contribution in [0, 0.1) is 6.92 Å². The normalized spacial score (nSPS) is 11.7. The Bertz CT molecular complexity index is 1110. The molecular formula is C28H25NO. The van der Waals surface area contributed by atoms with Crippen molar-refractivity contribution in [1.29, 1.82) is 0 Å². The molecule has 0 aliphatic heterocycles. The van der Waals surface area contributed by atoms with Gasteiger partial charge in [-0.15, -0.1) is 0 Å². The van der Waals surface area contributed by atoms with Crippen LogP contribution in [0.15, 0.2) is 108 Å². The summed E-state index contributed by atoms with van der Waals surface area (Å²) < 4.78 is 0. The summed E-state index contributed by atoms with van der Waals surface area (Å²) in [5.74, 6) is 0.260. The van der Waals surface area contributed by atoms with E-state index < -0.39 is 5.41 Å². The van der Waals surface area contributed by atoms with Crippen LogP contribution in [0.2, 0.25) is 0 Å². The lowest BCUT2D eigenvalue weighted by Crippen LogP contribution is -2.26. The standard InChI is InChI=1S/C28H25NO/c1-21-18-22(20-29-25-16-10-5-11-17-25)27(30)26(19-21)28(2,23-12-6-3-7-13-23)24-14-8-4-9-15-24/h3-20,30H,1-2H3. The minimum Gasteiger partial charge on any atom is -0.507 e. The van der Waals surface area contributed by atoms with Crippen molar-refractivity contribution in [2.24, 2.45) is 4.99 Å². The second kappa shape index (κ2) is 8.38.